The highest BCUT2D eigenvalue weighted by molar-refractivity contribution is 5.65. The lowest BCUT2D eigenvalue weighted by molar-refractivity contribution is -0.109. The van der Waals surface area contributed by atoms with Crippen molar-refractivity contribution in [3.63, 3.8) is 0 Å². The van der Waals surface area contributed by atoms with Crippen LogP contribution in [-0.2, 0) is 11.4 Å². The van der Waals surface area contributed by atoms with E-state index in [1.165, 1.54) is 22.3 Å². The van der Waals surface area contributed by atoms with E-state index in [0.29, 0.717) is 13.0 Å². The Morgan fingerprint density at radius 1 is 0.967 bits per heavy atom. The van der Waals surface area contributed by atoms with E-state index in [1.807, 2.05) is 31.3 Å². The number of anilines is 1. The quantitative estimate of drug-likeness (QED) is 0.236. The van der Waals surface area contributed by atoms with Gasteiger partial charge in [-0.15, -0.1) is 0 Å². The molecule has 3 aromatic rings. The Hall–Kier alpha value is -3.51. The van der Waals surface area contributed by atoms with E-state index >= 15 is 0 Å². The van der Waals surface area contributed by atoms with E-state index in [9.17, 15) is 0 Å². The summed E-state index contributed by atoms with van der Waals surface area (Å²) in [7, 11) is 3.60. The highest BCUT2D eigenvalue weighted by Gasteiger charge is 2.08. The molecular formula is C24H29N3O3. The van der Waals surface area contributed by atoms with Gasteiger partial charge in [0, 0.05) is 7.05 Å². The molecule has 0 radical (unpaired) electrons. The van der Waals surface area contributed by atoms with Crippen LogP contribution in [0.2, 0.25) is 0 Å². The minimum atomic E-state index is 0.403. The largest absolute Gasteiger partial charge is 0.497 e. The number of amides is 1. The van der Waals surface area contributed by atoms with Crippen molar-refractivity contribution in [3.05, 3.63) is 77.4 Å². The van der Waals surface area contributed by atoms with E-state index < -0.39 is 0 Å². The zero-order chi connectivity index (χ0) is 21.9. The van der Waals surface area contributed by atoms with Crippen molar-refractivity contribution < 1.29 is 14.3 Å². The average molecular weight is 408 g/mol. The summed E-state index contributed by atoms with van der Waals surface area (Å²) in [4.78, 5) is 8.94. The number of rotatable bonds is 7. The van der Waals surface area contributed by atoms with Crippen LogP contribution in [0.4, 0.5) is 5.69 Å². The molecule has 1 amide bonds. The molecule has 3 rings (SSSR count). The molecule has 0 fully saturated rings. The second-order valence-corrected chi connectivity index (χ2v) is 6.64. The normalized spacial score (nSPS) is 9.77. The van der Waals surface area contributed by atoms with Crippen molar-refractivity contribution in [3.8, 4) is 22.6 Å². The summed E-state index contributed by atoms with van der Waals surface area (Å²) in [6.07, 6.45) is 0.403. The molecule has 4 N–H and O–H groups in total. The number of ether oxygens (including phenoxy) is 2. The molecule has 0 saturated heterocycles. The average Bonchev–Trinajstić information content (AvgIpc) is 2.79. The third-order valence-corrected chi connectivity index (χ3v) is 4.69. The van der Waals surface area contributed by atoms with E-state index in [1.54, 1.807) is 12.5 Å². The third kappa shape index (κ3) is 5.99. The Morgan fingerprint density at radius 2 is 1.63 bits per heavy atom. The van der Waals surface area contributed by atoms with Crippen molar-refractivity contribution in [2.24, 2.45) is 5.84 Å². The van der Waals surface area contributed by atoms with Crippen LogP contribution < -0.4 is 26.1 Å². The molecule has 158 valence electrons. The van der Waals surface area contributed by atoms with Gasteiger partial charge in [0.15, 0.2) is 0 Å². The Bertz CT molecular complexity index is 956. The summed E-state index contributed by atoms with van der Waals surface area (Å²) < 4.78 is 11.4. The van der Waals surface area contributed by atoms with Gasteiger partial charge in [-0.25, -0.2) is 5.84 Å². The number of hydrogen-bond acceptors (Lipinski definition) is 5. The van der Waals surface area contributed by atoms with Gasteiger partial charge in [0.2, 0.25) is 6.41 Å². The Balaban J connectivity index is 0.000000735. The molecule has 30 heavy (non-hydrogen) atoms. The highest BCUT2D eigenvalue weighted by Crippen LogP contribution is 2.30. The zero-order valence-electron chi connectivity index (χ0n) is 17.9. The summed E-state index contributed by atoms with van der Waals surface area (Å²) in [5, 5.41) is 3.19. The summed E-state index contributed by atoms with van der Waals surface area (Å²) in [6.45, 7) is 4.74. The number of methoxy groups -OCH3 is 1. The van der Waals surface area contributed by atoms with Crippen molar-refractivity contribution in [1.82, 2.24) is 5.43 Å². The molecule has 0 aliphatic rings. The van der Waals surface area contributed by atoms with Gasteiger partial charge in [-0.05, 0) is 59.9 Å². The molecule has 6 heteroatoms. The summed E-state index contributed by atoms with van der Waals surface area (Å²) in [5.74, 6) is 6.19. The van der Waals surface area contributed by atoms with Crippen LogP contribution in [0.15, 0.2) is 60.7 Å². The molecule has 0 aliphatic carbocycles. The molecule has 0 aliphatic heterocycles. The van der Waals surface area contributed by atoms with Gasteiger partial charge < -0.3 is 14.8 Å². The van der Waals surface area contributed by atoms with Crippen LogP contribution >= 0.6 is 0 Å². The number of nitrogens with one attached hydrogen (secondary N) is 2. The smallest absolute Gasteiger partial charge is 0.221 e. The lowest BCUT2D eigenvalue weighted by Gasteiger charge is -2.15. The Labute approximate surface area is 178 Å². The van der Waals surface area contributed by atoms with E-state index in [2.05, 4.69) is 61.4 Å². The molecular weight excluding hydrogens is 378 g/mol. The topological polar surface area (TPSA) is 85.6 Å². The molecule has 3 aromatic carbocycles. The predicted molar refractivity (Wildman–Crippen MR) is 122 cm³/mol. The number of para-hydroxylation sites is 1. The van der Waals surface area contributed by atoms with Gasteiger partial charge in [-0.3, -0.25) is 10.2 Å². The van der Waals surface area contributed by atoms with Crippen LogP contribution in [0.3, 0.4) is 0 Å². The van der Waals surface area contributed by atoms with Crippen LogP contribution in [0.25, 0.3) is 11.1 Å². The summed E-state index contributed by atoms with van der Waals surface area (Å²) >= 11 is 0. The maximum atomic E-state index is 8.94. The molecule has 0 heterocycles. The molecule has 0 saturated carbocycles. The minimum absolute atomic E-state index is 0.403. The summed E-state index contributed by atoms with van der Waals surface area (Å²) in [5.41, 5.74) is 8.67. The van der Waals surface area contributed by atoms with E-state index in [4.69, 9.17) is 14.3 Å². The molecule has 0 bridgehead atoms. The van der Waals surface area contributed by atoms with Crippen molar-refractivity contribution in [2.45, 2.75) is 20.5 Å². The third-order valence-electron chi connectivity index (χ3n) is 4.69. The maximum absolute atomic E-state index is 8.94. The van der Waals surface area contributed by atoms with Crippen LogP contribution in [0, 0.1) is 13.8 Å². The predicted octanol–water partition coefficient (Wildman–Crippen LogP) is 4.21. The van der Waals surface area contributed by atoms with Gasteiger partial charge in [0.1, 0.15) is 18.1 Å². The number of carbonyl (C=O) groups excluding carboxylic acids is 1. The molecule has 0 unspecified atom stereocenters. The van der Waals surface area contributed by atoms with E-state index in [0.717, 1.165) is 22.7 Å². The fourth-order valence-corrected chi connectivity index (χ4v) is 3.01. The number of nitrogens with two attached hydrogens (primary N) is 1. The summed E-state index contributed by atoms with van der Waals surface area (Å²) in [6, 6.07) is 20.7. The first-order chi connectivity index (χ1) is 14.5. The Kier molecular flexibility index (Phi) is 8.72. The van der Waals surface area contributed by atoms with Crippen molar-refractivity contribution >= 4 is 12.1 Å². The fourth-order valence-electron chi connectivity index (χ4n) is 3.01. The number of aryl methyl sites for hydroxylation is 2. The SMILES string of the molecule is CNc1cccc(C)c1OCc1ccc(-c2ccc(OC)cc2)cc1C.NNC=O. The van der Waals surface area contributed by atoms with Crippen LogP contribution in [0.5, 0.6) is 11.5 Å². The lowest BCUT2D eigenvalue weighted by Crippen LogP contribution is -2.18. The lowest BCUT2D eigenvalue weighted by atomic mass is 10.00. The minimum Gasteiger partial charge on any atom is -0.497 e. The second-order valence-electron chi connectivity index (χ2n) is 6.64. The van der Waals surface area contributed by atoms with Gasteiger partial charge in [0.05, 0.1) is 12.8 Å². The maximum Gasteiger partial charge on any atom is 0.221 e. The number of carbonyl (C=O) groups is 1. The number of benzene rings is 3. The molecule has 0 spiro atoms. The fraction of sp³-hybridized carbons (Fsp3) is 0.208. The Morgan fingerprint density at radius 3 is 2.20 bits per heavy atom. The van der Waals surface area contributed by atoms with Gasteiger partial charge in [0.25, 0.3) is 0 Å². The number of hydrogen-bond donors (Lipinski definition) is 3. The molecule has 0 aromatic heterocycles. The van der Waals surface area contributed by atoms with E-state index in [-0.39, 0.29) is 0 Å². The highest BCUT2D eigenvalue weighted by atomic mass is 16.5. The first-order valence-electron chi connectivity index (χ1n) is 9.58. The molecule has 6 nitrogen and oxygen atoms in total. The van der Waals surface area contributed by atoms with Crippen molar-refractivity contribution in [1.29, 1.82) is 0 Å². The second kappa shape index (κ2) is 11.5. The van der Waals surface area contributed by atoms with Gasteiger partial charge in [-0.2, -0.15) is 0 Å². The monoisotopic (exact) mass is 407 g/mol. The zero-order valence-corrected chi connectivity index (χ0v) is 17.9. The van der Waals surface area contributed by atoms with Crippen LogP contribution in [-0.4, -0.2) is 20.6 Å². The van der Waals surface area contributed by atoms with Crippen molar-refractivity contribution in [2.75, 3.05) is 19.5 Å². The molecule has 0 atom stereocenters. The number of hydrazine groups is 1. The standard InChI is InChI=1S/C23H25NO2.CH4N2O/c1-16-6-5-7-22(24-3)23(16)26-15-20-9-8-19(14-17(20)2)18-10-12-21(25-4)13-11-18;2-3-1-4/h5-14,24H,15H2,1-4H3;1H,2H2,(H,3,4). The first kappa shape index (κ1) is 22.8. The van der Waals surface area contributed by atoms with Gasteiger partial charge >= 0.3 is 0 Å². The first-order valence-corrected chi connectivity index (χ1v) is 9.58. The van der Waals surface area contributed by atoms with Crippen LogP contribution in [0.1, 0.15) is 16.7 Å². The van der Waals surface area contributed by atoms with Gasteiger partial charge in [-0.1, -0.05) is 42.5 Å².